The van der Waals surface area contributed by atoms with E-state index in [1.807, 2.05) is 6.07 Å². The van der Waals surface area contributed by atoms with Crippen molar-refractivity contribution in [3.63, 3.8) is 0 Å². The zero-order valence-electron chi connectivity index (χ0n) is 18.9. The molecule has 10 heteroatoms. The van der Waals surface area contributed by atoms with Crippen LogP contribution in [0.3, 0.4) is 0 Å². The number of H-pyrrole nitrogens is 1. The number of amides is 1. The first-order valence-electron chi connectivity index (χ1n) is 10.9. The van der Waals surface area contributed by atoms with Gasteiger partial charge in [0.25, 0.3) is 5.91 Å². The number of aromatic amines is 1. The topological polar surface area (TPSA) is 102 Å². The molecular weight excluding hydrogens is 473 g/mol. The molecule has 2 aromatic carbocycles. The van der Waals surface area contributed by atoms with Crippen LogP contribution in [0.2, 0.25) is 5.02 Å². The fourth-order valence-corrected chi connectivity index (χ4v) is 3.57. The Morgan fingerprint density at radius 2 is 2.00 bits per heavy atom. The van der Waals surface area contributed by atoms with Crippen molar-refractivity contribution in [1.29, 1.82) is 0 Å². The second-order valence-electron chi connectivity index (χ2n) is 7.59. The Balaban J connectivity index is 1.45. The molecule has 0 spiro atoms. The van der Waals surface area contributed by atoms with Crippen LogP contribution in [-0.2, 0) is 11.2 Å². The van der Waals surface area contributed by atoms with Crippen LogP contribution in [0.5, 0.6) is 5.75 Å². The van der Waals surface area contributed by atoms with Crippen molar-refractivity contribution < 1.29 is 18.7 Å². The number of benzene rings is 2. The van der Waals surface area contributed by atoms with Crippen molar-refractivity contribution in [3.8, 4) is 16.9 Å². The molecule has 0 unspecified atom stereocenters. The molecule has 2 aromatic heterocycles. The summed E-state index contributed by atoms with van der Waals surface area (Å²) in [6.45, 7) is 1.13. The first-order chi connectivity index (χ1) is 17.0. The Bertz CT molecular complexity index is 1310. The van der Waals surface area contributed by atoms with Crippen molar-refractivity contribution in [2.75, 3.05) is 25.6 Å². The van der Waals surface area contributed by atoms with Gasteiger partial charge in [-0.2, -0.15) is 0 Å². The van der Waals surface area contributed by atoms with Crippen molar-refractivity contribution in [3.05, 3.63) is 88.8 Å². The molecule has 180 valence electrons. The summed E-state index contributed by atoms with van der Waals surface area (Å²) in [5.74, 6) is 0.372. The molecule has 0 bridgehead atoms. The van der Waals surface area contributed by atoms with Crippen LogP contribution in [0.15, 0.2) is 60.8 Å². The maximum absolute atomic E-state index is 13.9. The summed E-state index contributed by atoms with van der Waals surface area (Å²) in [7, 11) is 1.65. The van der Waals surface area contributed by atoms with E-state index in [4.69, 9.17) is 21.1 Å². The number of anilines is 1. The zero-order chi connectivity index (χ0) is 24.6. The van der Waals surface area contributed by atoms with E-state index in [1.165, 1.54) is 6.07 Å². The lowest BCUT2D eigenvalue weighted by molar-refractivity contribution is 0.101. The Morgan fingerprint density at radius 3 is 2.83 bits per heavy atom. The molecule has 0 aliphatic rings. The van der Waals surface area contributed by atoms with Crippen molar-refractivity contribution in [1.82, 2.24) is 20.2 Å². The second kappa shape index (κ2) is 11.5. The molecular formula is C25H23ClFN5O3. The number of carbonyl (C=O) groups excluding carboxylic acids is 1. The normalized spacial score (nSPS) is 10.8. The standard InChI is InChI=1S/C25H23ClFN5O3/c1-34-11-4-12-35-18-7-8-20(26)19(15-18)16-9-10-28-22(13-16)30-25(33)24-29-23(31-32-24)14-17-5-2-3-6-21(17)27/h2-3,5-10,13,15H,4,11-12,14H2,1H3,(H,28,30,33)(H,29,31,32). The van der Waals surface area contributed by atoms with Crippen LogP contribution < -0.4 is 10.1 Å². The molecule has 2 N–H and O–H groups in total. The van der Waals surface area contributed by atoms with Crippen LogP contribution in [0.4, 0.5) is 10.2 Å². The van der Waals surface area contributed by atoms with E-state index in [2.05, 4.69) is 25.5 Å². The summed E-state index contributed by atoms with van der Waals surface area (Å²) in [5, 5.41) is 9.83. The van der Waals surface area contributed by atoms with E-state index in [-0.39, 0.29) is 18.1 Å². The van der Waals surface area contributed by atoms with Gasteiger partial charge in [-0.1, -0.05) is 29.8 Å². The van der Waals surface area contributed by atoms with Crippen LogP contribution >= 0.6 is 11.6 Å². The van der Waals surface area contributed by atoms with Crippen molar-refractivity contribution in [2.24, 2.45) is 0 Å². The molecule has 0 saturated carbocycles. The lowest BCUT2D eigenvalue weighted by Gasteiger charge is -2.11. The van der Waals surface area contributed by atoms with E-state index in [9.17, 15) is 9.18 Å². The predicted octanol–water partition coefficient (Wildman–Crippen LogP) is 4.92. The van der Waals surface area contributed by atoms with Gasteiger partial charge in [-0.25, -0.2) is 14.4 Å². The van der Waals surface area contributed by atoms with Crippen LogP contribution in [-0.4, -0.2) is 46.4 Å². The number of hydrogen-bond acceptors (Lipinski definition) is 6. The molecule has 4 aromatic rings. The molecule has 0 aliphatic carbocycles. The fourth-order valence-electron chi connectivity index (χ4n) is 3.35. The lowest BCUT2D eigenvalue weighted by Crippen LogP contribution is -2.14. The highest BCUT2D eigenvalue weighted by molar-refractivity contribution is 6.33. The van der Waals surface area contributed by atoms with Crippen LogP contribution in [0.1, 0.15) is 28.4 Å². The molecule has 35 heavy (non-hydrogen) atoms. The summed E-state index contributed by atoms with van der Waals surface area (Å²) in [4.78, 5) is 21.0. The summed E-state index contributed by atoms with van der Waals surface area (Å²) < 4.78 is 24.7. The van der Waals surface area contributed by atoms with Gasteiger partial charge in [0, 0.05) is 43.3 Å². The minimum Gasteiger partial charge on any atom is -0.493 e. The number of nitrogens with one attached hydrogen (secondary N) is 2. The molecule has 1 amide bonds. The molecule has 2 heterocycles. The van der Waals surface area contributed by atoms with E-state index in [0.717, 1.165) is 17.5 Å². The fraction of sp³-hybridized carbons (Fsp3) is 0.200. The number of hydrogen-bond donors (Lipinski definition) is 2. The maximum atomic E-state index is 13.9. The van der Waals surface area contributed by atoms with Gasteiger partial charge < -0.3 is 14.8 Å². The second-order valence-corrected chi connectivity index (χ2v) is 8.00. The number of halogens is 2. The highest BCUT2D eigenvalue weighted by Gasteiger charge is 2.15. The summed E-state index contributed by atoms with van der Waals surface area (Å²) >= 11 is 6.41. The molecule has 0 radical (unpaired) electrons. The van der Waals surface area contributed by atoms with Gasteiger partial charge in [-0.15, -0.1) is 5.10 Å². The van der Waals surface area contributed by atoms with E-state index >= 15 is 0 Å². The van der Waals surface area contributed by atoms with Gasteiger partial charge in [0.2, 0.25) is 5.82 Å². The first-order valence-corrected chi connectivity index (χ1v) is 11.2. The quantitative estimate of drug-likeness (QED) is 0.303. The monoisotopic (exact) mass is 495 g/mol. The smallest absolute Gasteiger partial charge is 0.296 e. The van der Waals surface area contributed by atoms with E-state index < -0.39 is 5.91 Å². The van der Waals surface area contributed by atoms with Gasteiger partial charge >= 0.3 is 0 Å². The summed E-state index contributed by atoms with van der Waals surface area (Å²) in [6.07, 6.45) is 2.52. The molecule has 4 rings (SSSR count). The van der Waals surface area contributed by atoms with Gasteiger partial charge in [-0.05, 0) is 47.5 Å². The van der Waals surface area contributed by atoms with Crippen LogP contribution in [0, 0.1) is 5.82 Å². The highest BCUT2D eigenvalue weighted by Crippen LogP contribution is 2.32. The molecule has 0 fully saturated rings. The summed E-state index contributed by atoms with van der Waals surface area (Å²) in [6, 6.07) is 15.2. The Hall–Kier alpha value is -3.82. The Labute approximate surface area is 206 Å². The number of aromatic nitrogens is 4. The third kappa shape index (κ3) is 6.40. The van der Waals surface area contributed by atoms with E-state index in [1.54, 1.807) is 55.8 Å². The molecule has 0 atom stereocenters. The average molecular weight is 496 g/mol. The average Bonchev–Trinajstić information content (AvgIpc) is 3.33. The number of methoxy groups -OCH3 is 1. The molecule has 0 saturated heterocycles. The van der Waals surface area contributed by atoms with E-state index in [0.29, 0.717) is 41.2 Å². The Kier molecular flexibility index (Phi) is 8.02. The SMILES string of the molecule is COCCCOc1ccc(Cl)c(-c2ccnc(NC(=O)c3n[nH]c(Cc4ccccc4F)n3)c2)c1. The zero-order valence-corrected chi connectivity index (χ0v) is 19.7. The van der Waals surface area contributed by atoms with Crippen molar-refractivity contribution >= 4 is 23.3 Å². The summed E-state index contributed by atoms with van der Waals surface area (Å²) in [5.41, 5.74) is 1.93. The third-order valence-corrected chi connectivity index (χ3v) is 5.39. The highest BCUT2D eigenvalue weighted by atomic mass is 35.5. The minimum atomic E-state index is -0.549. The predicted molar refractivity (Wildman–Crippen MR) is 130 cm³/mol. The first kappa shape index (κ1) is 24.3. The molecule has 8 nitrogen and oxygen atoms in total. The minimum absolute atomic E-state index is 0.0759. The third-order valence-electron chi connectivity index (χ3n) is 5.06. The largest absolute Gasteiger partial charge is 0.493 e. The molecule has 0 aliphatic heterocycles. The van der Waals surface area contributed by atoms with Crippen molar-refractivity contribution in [2.45, 2.75) is 12.8 Å². The van der Waals surface area contributed by atoms with Crippen LogP contribution in [0.25, 0.3) is 11.1 Å². The number of nitrogens with zero attached hydrogens (tertiary/aromatic N) is 3. The van der Waals surface area contributed by atoms with Gasteiger partial charge in [-0.3, -0.25) is 9.89 Å². The Morgan fingerprint density at radius 1 is 1.14 bits per heavy atom. The number of pyridine rings is 1. The lowest BCUT2D eigenvalue weighted by atomic mass is 10.1. The number of ether oxygens (including phenoxy) is 2. The number of carbonyl (C=O) groups is 1. The van der Waals surface area contributed by atoms with Gasteiger partial charge in [0.05, 0.1) is 6.61 Å². The van der Waals surface area contributed by atoms with Gasteiger partial charge in [0.15, 0.2) is 0 Å². The maximum Gasteiger partial charge on any atom is 0.296 e. The number of rotatable bonds is 10. The van der Waals surface area contributed by atoms with Gasteiger partial charge in [0.1, 0.15) is 23.2 Å².